The van der Waals surface area contributed by atoms with Crippen LogP contribution in [0.3, 0.4) is 0 Å². The summed E-state index contributed by atoms with van der Waals surface area (Å²) in [7, 11) is 0. The number of piperidine rings is 1. The van der Waals surface area contributed by atoms with Crippen LogP contribution in [0.5, 0.6) is 0 Å². The second kappa shape index (κ2) is 5.64. The van der Waals surface area contributed by atoms with Crippen molar-refractivity contribution in [1.82, 2.24) is 15.5 Å². The van der Waals surface area contributed by atoms with Gasteiger partial charge in [-0.15, -0.1) is 0 Å². The zero-order chi connectivity index (χ0) is 13.0. The van der Waals surface area contributed by atoms with Crippen LogP contribution in [0.15, 0.2) is 0 Å². The van der Waals surface area contributed by atoms with Crippen molar-refractivity contribution in [3.63, 3.8) is 0 Å². The highest BCUT2D eigenvalue weighted by atomic mass is 16.5. The molecule has 0 bridgehead atoms. The highest BCUT2D eigenvalue weighted by molar-refractivity contribution is 6.07. The van der Waals surface area contributed by atoms with E-state index in [4.69, 9.17) is 9.84 Å². The third-order valence-corrected chi connectivity index (χ3v) is 3.40. The molecule has 2 heterocycles. The van der Waals surface area contributed by atoms with Crippen molar-refractivity contribution in [2.45, 2.75) is 18.4 Å². The molecule has 7 nitrogen and oxygen atoms in total. The van der Waals surface area contributed by atoms with Gasteiger partial charge in [0.15, 0.2) is 0 Å². The summed E-state index contributed by atoms with van der Waals surface area (Å²) in [4.78, 5) is 25.3. The van der Waals surface area contributed by atoms with E-state index in [1.165, 1.54) is 4.90 Å². The van der Waals surface area contributed by atoms with E-state index in [2.05, 4.69) is 10.6 Å². The van der Waals surface area contributed by atoms with Crippen molar-refractivity contribution in [3.05, 3.63) is 0 Å². The van der Waals surface area contributed by atoms with Crippen molar-refractivity contribution >= 4 is 11.9 Å². The lowest BCUT2D eigenvalue weighted by Crippen LogP contribution is -2.54. The van der Waals surface area contributed by atoms with Gasteiger partial charge in [-0.05, 0) is 25.9 Å². The second-order valence-electron chi connectivity index (χ2n) is 4.56. The van der Waals surface area contributed by atoms with Gasteiger partial charge in [-0.2, -0.15) is 0 Å². The molecular formula is C11H19N3O4. The van der Waals surface area contributed by atoms with Gasteiger partial charge in [-0.3, -0.25) is 9.69 Å². The monoisotopic (exact) mass is 257 g/mol. The Kier molecular flexibility index (Phi) is 4.15. The topological polar surface area (TPSA) is 90.9 Å². The maximum absolute atomic E-state index is 12.3. The van der Waals surface area contributed by atoms with Crippen molar-refractivity contribution in [3.8, 4) is 0 Å². The van der Waals surface area contributed by atoms with Gasteiger partial charge in [0.2, 0.25) is 0 Å². The van der Waals surface area contributed by atoms with E-state index >= 15 is 0 Å². The molecule has 3 N–H and O–H groups in total. The molecule has 18 heavy (non-hydrogen) atoms. The Morgan fingerprint density at radius 1 is 1.28 bits per heavy atom. The molecule has 3 amide bonds. The molecule has 0 aromatic carbocycles. The van der Waals surface area contributed by atoms with Gasteiger partial charge in [0.05, 0.1) is 26.4 Å². The van der Waals surface area contributed by atoms with Crippen molar-refractivity contribution < 1.29 is 19.4 Å². The standard InChI is InChI=1S/C11H19N3O4/c15-6-8-18-7-5-14-9(16)11(13-10(14)17)1-3-12-4-2-11/h12,15H,1-8H2,(H,13,17). The number of carbonyl (C=O) groups is 2. The lowest BCUT2D eigenvalue weighted by Gasteiger charge is -2.31. The number of nitrogens with zero attached hydrogens (tertiary/aromatic N) is 1. The first-order valence-corrected chi connectivity index (χ1v) is 6.23. The number of nitrogens with one attached hydrogen (secondary N) is 2. The van der Waals surface area contributed by atoms with Gasteiger partial charge in [0, 0.05) is 0 Å². The van der Waals surface area contributed by atoms with Crippen LogP contribution in [-0.2, 0) is 9.53 Å². The minimum Gasteiger partial charge on any atom is -0.394 e. The molecule has 0 aromatic rings. The van der Waals surface area contributed by atoms with Gasteiger partial charge in [-0.25, -0.2) is 4.79 Å². The average molecular weight is 257 g/mol. The number of amides is 3. The lowest BCUT2D eigenvalue weighted by molar-refractivity contribution is -0.132. The summed E-state index contributed by atoms with van der Waals surface area (Å²) < 4.78 is 5.08. The summed E-state index contributed by atoms with van der Waals surface area (Å²) >= 11 is 0. The normalized spacial score (nSPS) is 22.6. The number of ether oxygens (including phenoxy) is 1. The second-order valence-corrected chi connectivity index (χ2v) is 4.56. The number of urea groups is 1. The van der Waals surface area contributed by atoms with Gasteiger partial charge in [0.25, 0.3) is 5.91 Å². The molecular weight excluding hydrogens is 238 g/mol. The number of hydrogen-bond donors (Lipinski definition) is 3. The van der Waals surface area contributed by atoms with Gasteiger partial charge in [-0.1, -0.05) is 0 Å². The molecule has 102 valence electrons. The summed E-state index contributed by atoms with van der Waals surface area (Å²) in [6.07, 6.45) is 1.26. The first-order chi connectivity index (χ1) is 8.69. The Morgan fingerprint density at radius 3 is 2.67 bits per heavy atom. The fourth-order valence-electron chi connectivity index (χ4n) is 2.39. The molecule has 0 aromatic heterocycles. The van der Waals surface area contributed by atoms with Crippen LogP contribution in [0.4, 0.5) is 4.79 Å². The van der Waals surface area contributed by atoms with Crippen LogP contribution >= 0.6 is 0 Å². The summed E-state index contributed by atoms with van der Waals surface area (Å²) in [5.74, 6) is -0.151. The zero-order valence-electron chi connectivity index (χ0n) is 10.3. The SMILES string of the molecule is O=C1NC2(CCNCC2)C(=O)N1CCOCCO. The molecule has 0 radical (unpaired) electrons. The molecule has 1 spiro atoms. The maximum Gasteiger partial charge on any atom is 0.325 e. The number of aliphatic hydroxyl groups is 1. The fraction of sp³-hybridized carbons (Fsp3) is 0.818. The Bertz CT molecular complexity index is 328. The molecule has 2 saturated heterocycles. The van der Waals surface area contributed by atoms with Gasteiger partial charge in [0.1, 0.15) is 5.54 Å². The third kappa shape index (κ3) is 2.47. The van der Waals surface area contributed by atoms with Crippen molar-refractivity contribution in [2.75, 3.05) is 39.5 Å². The van der Waals surface area contributed by atoms with Crippen LogP contribution in [0.25, 0.3) is 0 Å². The van der Waals surface area contributed by atoms with E-state index in [1.807, 2.05) is 0 Å². The smallest absolute Gasteiger partial charge is 0.325 e. The van der Waals surface area contributed by atoms with Gasteiger partial charge < -0.3 is 20.5 Å². The summed E-state index contributed by atoms with van der Waals surface area (Å²) in [6, 6.07) is -0.338. The summed E-state index contributed by atoms with van der Waals surface area (Å²) in [6.45, 7) is 2.13. The molecule has 7 heteroatoms. The summed E-state index contributed by atoms with van der Waals surface area (Å²) in [5.41, 5.74) is -0.709. The molecule has 2 aliphatic heterocycles. The maximum atomic E-state index is 12.3. The van der Waals surface area contributed by atoms with E-state index in [-0.39, 0.29) is 38.3 Å². The zero-order valence-corrected chi connectivity index (χ0v) is 10.3. The van der Waals surface area contributed by atoms with Crippen LogP contribution in [0.2, 0.25) is 0 Å². The third-order valence-electron chi connectivity index (χ3n) is 3.40. The van der Waals surface area contributed by atoms with E-state index in [0.29, 0.717) is 12.8 Å². The molecule has 0 aliphatic carbocycles. The quantitative estimate of drug-likeness (QED) is 0.419. The minimum atomic E-state index is -0.709. The van der Waals surface area contributed by atoms with Crippen LogP contribution in [0, 0.1) is 0 Å². The van der Waals surface area contributed by atoms with Crippen LogP contribution in [-0.4, -0.2) is 66.9 Å². The Hall–Kier alpha value is -1.18. The highest BCUT2D eigenvalue weighted by Gasteiger charge is 2.51. The van der Waals surface area contributed by atoms with E-state index in [9.17, 15) is 9.59 Å². The van der Waals surface area contributed by atoms with E-state index in [1.54, 1.807) is 0 Å². The molecule has 2 fully saturated rings. The Balaban J connectivity index is 1.92. The Morgan fingerprint density at radius 2 is 2.00 bits per heavy atom. The van der Waals surface area contributed by atoms with Crippen molar-refractivity contribution in [2.24, 2.45) is 0 Å². The Labute approximate surface area is 105 Å². The lowest BCUT2D eigenvalue weighted by atomic mass is 9.88. The van der Waals surface area contributed by atoms with E-state index < -0.39 is 5.54 Å². The minimum absolute atomic E-state index is 0.0598. The molecule has 2 rings (SSSR count). The van der Waals surface area contributed by atoms with Crippen LogP contribution in [0.1, 0.15) is 12.8 Å². The average Bonchev–Trinajstić information content (AvgIpc) is 2.59. The number of imide groups is 1. The first-order valence-electron chi connectivity index (χ1n) is 6.23. The van der Waals surface area contributed by atoms with Crippen molar-refractivity contribution in [1.29, 1.82) is 0 Å². The molecule has 0 saturated carbocycles. The van der Waals surface area contributed by atoms with Crippen LogP contribution < -0.4 is 10.6 Å². The fourth-order valence-corrected chi connectivity index (χ4v) is 2.39. The predicted molar refractivity (Wildman–Crippen MR) is 63.0 cm³/mol. The predicted octanol–water partition coefficient (Wildman–Crippen LogP) is -1.33. The first kappa shape index (κ1) is 13.3. The van der Waals surface area contributed by atoms with Gasteiger partial charge >= 0.3 is 6.03 Å². The molecule has 0 unspecified atom stereocenters. The number of hydrogen-bond acceptors (Lipinski definition) is 5. The number of carbonyl (C=O) groups excluding carboxylic acids is 2. The number of aliphatic hydroxyl groups excluding tert-OH is 1. The highest BCUT2D eigenvalue weighted by Crippen LogP contribution is 2.26. The molecule has 2 aliphatic rings. The molecule has 0 atom stereocenters. The van der Waals surface area contributed by atoms with E-state index in [0.717, 1.165) is 13.1 Å². The summed E-state index contributed by atoms with van der Waals surface area (Å²) in [5, 5.41) is 14.5. The number of rotatable bonds is 5. The largest absolute Gasteiger partial charge is 0.394 e.